The molecule has 1 saturated heterocycles. The highest BCUT2D eigenvalue weighted by Gasteiger charge is 2.28. The van der Waals surface area contributed by atoms with E-state index in [2.05, 4.69) is 15.2 Å². The number of nitrogens with one attached hydrogen (secondary N) is 1. The Hall–Kier alpha value is -2.04. The number of esters is 1. The molecule has 1 aromatic rings. The first-order chi connectivity index (χ1) is 13.0. The van der Waals surface area contributed by atoms with Gasteiger partial charge in [-0.25, -0.2) is 0 Å². The minimum atomic E-state index is -0.514. The predicted octanol–water partition coefficient (Wildman–Crippen LogP) is 1.52. The Morgan fingerprint density at radius 2 is 2.18 bits per heavy atom. The van der Waals surface area contributed by atoms with Crippen molar-refractivity contribution in [2.75, 3.05) is 33.4 Å². The molecule has 1 heterocycles. The fourth-order valence-electron chi connectivity index (χ4n) is 3.04. The van der Waals surface area contributed by atoms with Crippen molar-refractivity contribution in [3.63, 3.8) is 0 Å². The molecular formula is C19H29IN4O4. The second kappa shape index (κ2) is 12.4. The Labute approximate surface area is 182 Å². The van der Waals surface area contributed by atoms with E-state index < -0.39 is 5.91 Å². The highest BCUT2D eigenvalue weighted by Crippen LogP contribution is 2.18. The maximum Gasteiger partial charge on any atom is 0.310 e. The number of primary amides is 1. The van der Waals surface area contributed by atoms with Crippen LogP contribution in [0.4, 0.5) is 0 Å². The molecule has 1 aliphatic rings. The van der Waals surface area contributed by atoms with Crippen LogP contribution in [0, 0.1) is 5.92 Å². The number of ether oxygens (including phenoxy) is 2. The summed E-state index contributed by atoms with van der Waals surface area (Å²) in [5.41, 5.74) is 6.08. The molecular weight excluding hydrogens is 475 g/mol. The van der Waals surface area contributed by atoms with Crippen LogP contribution < -0.4 is 15.8 Å². The molecule has 0 bridgehead atoms. The Bertz CT molecular complexity index is 684. The summed E-state index contributed by atoms with van der Waals surface area (Å²) in [7, 11) is 1.72. The number of hydrogen-bond acceptors (Lipinski definition) is 5. The van der Waals surface area contributed by atoms with Crippen LogP contribution in [-0.4, -0.2) is 56.1 Å². The van der Waals surface area contributed by atoms with E-state index in [9.17, 15) is 9.59 Å². The first-order valence-electron chi connectivity index (χ1n) is 9.15. The van der Waals surface area contributed by atoms with Crippen LogP contribution in [0.1, 0.15) is 25.3 Å². The number of aliphatic imine (C=N–C) groups is 1. The van der Waals surface area contributed by atoms with Gasteiger partial charge in [0.1, 0.15) is 5.75 Å². The van der Waals surface area contributed by atoms with E-state index in [-0.39, 0.29) is 42.5 Å². The number of likely N-dealkylation sites (tertiary alicyclic amines) is 1. The van der Waals surface area contributed by atoms with Crippen LogP contribution in [0.5, 0.6) is 5.75 Å². The summed E-state index contributed by atoms with van der Waals surface area (Å²) in [6.07, 6.45) is 1.76. The zero-order chi connectivity index (χ0) is 19.6. The topological polar surface area (TPSA) is 106 Å². The maximum atomic E-state index is 12.0. The van der Waals surface area contributed by atoms with Crippen molar-refractivity contribution in [1.82, 2.24) is 10.2 Å². The molecule has 0 saturated carbocycles. The standard InChI is InChI=1S/C19H28N4O4.HI/c1-3-26-18(25)15-7-5-9-23(12-15)19(21-2)22-11-14-6-4-8-16(10-14)27-13-17(20)24;/h4,6,8,10,15H,3,5,7,9,11-13H2,1-2H3,(H2,20,24)(H,21,22);1H. The number of benzene rings is 1. The summed E-state index contributed by atoms with van der Waals surface area (Å²) in [6, 6.07) is 7.43. The Balaban J connectivity index is 0.00000392. The first kappa shape index (κ1) is 24.0. The van der Waals surface area contributed by atoms with Gasteiger partial charge in [-0.15, -0.1) is 24.0 Å². The number of carbonyl (C=O) groups is 2. The summed E-state index contributed by atoms with van der Waals surface area (Å²) in [6.45, 7) is 4.05. The fourth-order valence-corrected chi connectivity index (χ4v) is 3.04. The zero-order valence-corrected chi connectivity index (χ0v) is 18.7. The molecule has 0 radical (unpaired) electrons. The third kappa shape index (κ3) is 7.53. The summed E-state index contributed by atoms with van der Waals surface area (Å²) < 4.78 is 10.5. The van der Waals surface area contributed by atoms with Crippen molar-refractivity contribution in [3.8, 4) is 5.75 Å². The largest absolute Gasteiger partial charge is 0.484 e. The van der Waals surface area contributed by atoms with E-state index in [1.165, 1.54) is 0 Å². The molecule has 8 nitrogen and oxygen atoms in total. The Morgan fingerprint density at radius 1 is 1.39 bits per heavy atom. The van der Waals surface area contributed by atoms with Gasteiger partial charge >= 0.3 is 5.97 Å². The molecule has 1 fully saturated rings. The predicted molar refractivity (Wildman–Crippen MR) is 118 cm³/mol. The highest BCUT2D eigenvalue weighted by molar-refractivity contribution is 14.0. The lowest BCUT2D eigenvalue weighted by atomic mass is 9.98. The molecule has 1 aliphatic heterocycles. The molecule has 0 aliphatic carbocycles. The lowest BCUT2D eigenvalue weighted by molar-refractivity contribution is -0.149. The number of amides is 1. The summed E-state index contributed by atoms with van der Waals surface area (Å²) in [5.74, 6) is 0.552. The van der Waals surface area contributed by atoms with Crippen molar-refractivity contribution < 1.29 is 19.1 Å². The Morgan fingerprint density at radius 3 is 2.86 bits per heavy atom. The molecule has 2 rings (SSSR count). The molecule has 1 unspecified atom stereocenters. The van der Waals surface area contributed by atoms with E-state index in [1.807, 2.05) is 25.1 Å². The number of piperidine rings is 1. The van der Waals surface area contributed by atoms with Gasteiger partial charge in [-0.1, -0.05) is 12.1 Å². The average molecular weight is 504 g/mol. The number of nitrogens with zero attached hydrogens (tertiary/aromatic N) is 2. The number of nitrogens with two attached hydrogens (primary N) is 1. The van der Waals surface area contributed by atoms with Gasteiger partial charge in [0.25, 0.3) is 5.91 Å². The van der Waals surface area contributed by atoms with E-state index in [4.69, 9.17) is 15.2 Å². The van der Waals surface area contributed by atoms with E-state index in [1.54, 1.807) is 13.1 Å². The quantitative estimate of drug-likeness (QED) is 0.253. The molecule has 0 spiro atoms. The van der Waals surface area contributed by atoms with Crippen molar-refractivity contribution in [1.29, 1.82) is 0 Å². The number of carbonyl (C=O) groups excluding carboxylic acids is 2. The van der Waals surface area contributed by atoms with Crippen LogP contribution in [0.25, 0.3) is 0 Å². The average Bonchev–Trinajstić information content (AvgIpc) is 2.67. The van der Waals surface area contributed by atoms with Crippen LogP contribution in [-0.2, 0) is 20.9 Å². The smallest absolute Gasteiger partial charge is 0.310 e. The van der Waals surface area contributed by atoms with Crippen molar-refractivity contribution >= 4 is 41.8 Å². The molecule has 3 N–H and O–H groups in total. The van der Waals surface area contributed by atoms with Gasteiger partial charge in [0.15, 0.2) is 12.6 Å². The fraction of sp³-hybridized carbons (Fsp3) is 0.526. The third-order valence-corrected chi connectivity index (χ3v) is 4.28. The van der Waals surface area contributed by atoms with E-state index in [0.29, 0.717) is 25.4 Å². The summed E-state index contributed by atoms with van der Waals surface area (Å²) in [4.78, 5) is 29.3. The van der Waals surface area contributed by atoms with Gasteiger partial charge in [-0.05, 0) is 37.5 Å². The van der Waals surface area contributed by atoms with Gasteiger partial charge in [0.2, 0.25) is 0 Å². The van der Waals surface area contributed by atoms with Crippen LogP contribution >= 0.6 is 24.0 Å². The van der Waals surface area contributed by atoms with Gasteiger partial charge in [0, 0.05) is 26.7 Å². The molecule has 1 amide bonds. The maximum absolute atomic E-state index is 12.0. The van der Waals surface area contributed by atoms with Gasteiger partial charge in [0.05, 0.1) is 12.5 Å². The second-order valence-corrected chi connectivity index (χ2v) is 6.34. The van der Waals surface area contributed by atoms with Crippen molar-refractivity contribution in [2.24, 2.45) is 16.6 Å². The van der Waals surface area contributed by atoms with Gasteiger partial charge in [-0.2, -0.15) is 0 Å². The molecule has 28 heavy (non-hydrogen) atoms. The monoisotopic (exact) mass is 504 g/mol. The normalized spacial score (nSPS) is 16.7. The highest BCUT2D eigenvalue weighted by atomic mass is 127. The van der Waals surface area contributed by atoms with Crippen molar-refractivity contribution in [3.05, 3.63) is 29.8 Å². The second-order valence-electron chi connectivity index (χ2n) is 6.34. The van der Waals surface area contributed by atoms with Gasteiger partial charge < -0.3 is 25.4 Å². The third-order valence-electron chi connectivity index (χ3n) is 4.28. The van der Waals surface area contributed by atoms with Crippen LogP contribution in [0.15, 0.2) is 29.3 Å². The van der Waals surface area contributed by atoms with Gasteiger partial charge in [-0.3, -0.25) is 14.6 Å². The minimum Gasteiger partial charge on any atom is -0.484 e. The molecule has 9 heteroatoms. The number of rotatable bonds is 7. The summed E-state index contributed by atoms with van der Waals surface area (Å²) >= 11 is 0. The number of hydrogen-bond donors (Lipinski definition) is 2. The number of guanidine groups is 1. The molecule has 156 valence electrons. The lowest BCUT2D eigenvalue weighted by Gasteiger charge is -2.34. The molecule has 1 aromatic carbocycles. The SMILES string of the molecule is CCOC(=O)C1CCCN(C(=NC)NCc2cccc(OCC(N)=O)c2)C1.I. The summed E-state index contributed by atoms with van der Waals surface area (Å²) in [5, 5.41) is 3.32. The Kier molecular flexibility index (Phi) is 10.6. The number of halogens is 1. The minimum absolute atomic E-state index is 0. The lowest BCUT2D eigenvalue weighted by Crippen LogP contribution is -2.48. The van der Waals surface area contributed by atoms with E-state index in [0.717, 1.165) is 30.9 Å². The van der Waals surface area contributed by atoms with Crippen LogP contribution in [0.2, 0.25) is 0 Å². The molecule has 1 atom stereocenters. The zero-order valence-electron chi connectivity index (χ0n) is 16.3. The van der Waals surface area contributed by atoms with E-state index >= 15 is 0 Å². The van der Waals surface area contributed by atoms with Crippen LogP contribution in [0.3, 0.4) is 0 Å². The first-order valence-corrected chi connectivity index (χ1v) is 9.15. The van der Waals surface area contributed by atoms with Crippen molar-refractivity contribution in [2.45, 2.75) is 26.3 Å². The molecule has 0 aromatic heterocycles.